The van der Waals surface area contributed by atoms with Crippen LogP contribution in [0.3, 0.4) is 0 Å². The Balaban J connectivity index is 1.48. The summed E-state index contributed by atoms with van der Waals surface area (Å²) in [4.78, 5) is 19.4. The molecule has 3 heterocycles. The summed E-state index contributed by atoms with van der Waals surface area (Å²) in [6.07, 6.45) is 6.43. The zero-order valence-corrected chi connectivity index (χ0v) is 19.0. The van der Waals surface area contributed by atoms with Crippen molar-refractivity contribution in [1.29, 1.82) is 5.26 Å². The molecule has 3 aromatic rings. The molecule has 1 aliphatic heterocycles. The van der Waals surface area contributed by atoms with Crippen LogP contribution in [-0.2, 0) is 11.3 Å². The van der Waals surface area contributed by atoms with Crippen LogP contribution in [0.2, 0.25) is 5.02 Å². The van der Waals surface area contributed by atoms with Crippen LogP contribution in [-0.4, -0.2) is 39.5 Å². The number of hydrogen-bond donors (Lipinski definition) is 2. The Morgan fingerprint density at radius 3 is 2.97 bits per heavy atom. The first kappa shape index (κ1) is 21.8. The molecule has 31 heavy (non-hydrogen) atoms. The fourth-order valence-electron chi connectivity index (χ4n) is 3.93. The normalized spacial score (nSPS) is 15.8. The number of fused-ring (bicyclic) bond motifs is 1. The van der Waals surface area contributed by atoms with Gasteiger partial charge >= 0.3 is 0 Å². The van der Waals surface area contributed by atoms with Gasteiger partial charge in [-0.2, -0.15) is 5.26 Å². The predicted octanol–water partition coefficient (Wildman–Crippen LogP) is 4.81. The maximum atomic E-state index is 13.3. The lowest BCUT2D eigenvalue weighted by Crippen LogP contribution is -2.47. The largest absolute Gasteiger partial charge is 0.361 e. The number of benzene rings is 1. The highest BCUT2D eigenvalue weighted by atomic mass is 35.5. The Hall–Kier alpha value is -2.40. The number of amides is 1. The first-order valence-electron chi connectivity index (χ1n) is 10.6. The van der Waals surface area contributed by atoms with Gasteiger partial charge in [-0.1, -0.05) is 18.5 Å². The number of carbonyl (C=O) groups excluding carboxylic acids is 1. The topological polar surface area (TPSA) is 76.8 Å². The molecule has 0 spiro atoms. The minimum Gasteiger partial charge on any atom is -0.361 e. The maximum Gasteiger partial charge on any atom is 0.240 e. The van der Waals surface area contributed by atoms with Crippen LogP contribution < -0.4 is 4.72 Å². The van der Waals surface area contributed by atoms with Crippen molar-refractivity contribution in [2.75, 3.05) is 13.1 Å². The second-order valence-corrected chi connectivity index (χ2v) is 9.40. The van der Waals surface area contributed by atoms with Crippen molar-refractivity contribution >= 4 is 40.4 Å². The third-order valence-corrected chi connectivity index (χ3v) is 7.30. The summed E-state index contributed by atoms with van der Waals surface area (Å²) in [5, 5.41) is 11.0. The zero-order valence-electron chi connectivity index (χ0n) is 17.5. The van der Waals surface area contributed by atoms with Crippen molar-refractivity contribution in [3.63, 3.8) is 0 Å². The Morgan fingerprint density at radius 1 is 1.39 bits per heavy atom. The number of carbonyl (C=O) groups is 1. The number of aromatic nitrogens is 2. The number of aromatic amines is 1. The van der Waals surface area contributed by atoms with Crippen LogP contribution in [0.1, 0.15) is 31.9 Å². The number of likely N-dealkylation sites (tertiary alicyclic amines) is 1. The van der Waals surface area contributed by atoms with E-state index in [9.17, 15) is 10.1 Å². The van der Waals surface area contributed by atoms with Gasteiger partial charge in [-0.25, -0.2) is 4.72 Å². The number of H-pyrrole nitrogens is 1. The highest BCUT2D eigenvalue weighted by molar-refractivity contribution is 7.97. The van der Waals surface area contributed by atoms with Crippen molar-refractivity contribution in [3.05, 3.63) is 53.4 Å². The molecule has 4 rings (SSSR count). The number of rotatable bonds is 7. The van der Waals surface area contributed by atoms with E-state index in [4.69, 9.17) is 11.6 Å². The Morgan fingerprint density at radius 2 is 2.19 bits per heavy atom. The van der Waals surface area contributed by atoms with Gasteiger partial charge in [0.1, 0.15) is 11.8 Å². The third-order valence-electron chi connectivity index (χ3n) is 5.91. The van der Waals surface area contributed by atoms with Gasteiger partial charge in [-0.15, -0.1) is 0 Å². The van der Waals surface area contributed by atoms with Gasteiger partial charge in [0.15, 0.2) is 0 Å². The molecule has 0 aliphatic carbocycles. The van der Waals surface area contributed by atoms with Crippen LogP contribution in [0.15, 0.2) is 47.6 Å². The van der Waals surface area contributed by atoms with Crippen molar-refractivity contribution in [3.8, 4) is 6.07 Å². The van der Waals surface area contributed by atoms with Gasteiger partial charge in [0.2, 0.25) is 5.91 Å². The standard InChI is InChI=1S/C23H26ClN5OS/c1-16-5-10-29(11-6-16)23(30)20(7-12-28-9-2-3-18(28)15-25)27-31-22-14-21-17(4-8-26-21)13-19(22)24/h2-4,8-9,13-14,16,20,26-27H,5-7,10-12H2,1H3. The summed E-state index contributed by atoms with van der Waals surface area (Å²) in [6, 6.07) is 11.4. The SMILES string of the molecule is CC1CCN(C(=O)C(CCn2cccc2C#N)NSc2cc3[nH]ccc3cc2Cl)CC1. The summed E-state index contributed by atoms with van der Waals surface area (Å²) in [5.41, 5.74) is 1.61. The fraction of sp³-hybridized carbons (Fsp3) is 0.391. The number of nitrogens with zero attached hydrogens (tertiary/aromatic N) is 3. The summed E-state index contributed by atoms with van der Waals surface area (Å²) < 4.78 is 5.26. The monoisotopic (exact) mass is 455 g/mol. The molecule has 1 unspecified atom stereocenters. The lowest BCUT2D eigenvalue weighted by molar-refractivity contribution is -0.134. The van der Waals surface area contributed by atoms with Crippen LogP contribution in [0.25, 0.3) is 10.9 Å². The number of halogens is 1. The van der Waals surface area contributed by atoms with Gasteiger partial charge in [0, 0.05) is 47.8 Å². The van der Waals surface area contributed by atoms with E-state index in [2.05, 4.69) is 22.7 Å². The lowest BCUT2D eigenvalue weighted by atomic mass is 9.98. The Labute approximate surface area is 191 Å². The molecule has 8 heteroatoms. The zero-order chi connectivity index (χ0) is 21.8. The van der Waals surface area contributed by atoms with Gasteiger partial charge < -0.3 is 14.5 Å². The molecule has 2 aromatic heterocycles. The van der Waals surface area contributed by atoms with E-state index in [1.807, 2.05) is 46.1 Å². The quantitative estimate of drug-likeness (QED) is 0.501. The molecule has 6 nitrogen and oxygen atoms in total. The first-order valence-corrected chi connectivity index (χ1v) is 11.8. The van der Waals surface area contributed by atoms with E-state index in [-0.39, 0.29) is 11.9 Å². The molecule has 1 aromatic carbocycles. The van der Waals surface area contributed by atoms with Crippen molar-refractivity contribution < 1.29 is 4.79 Å². The molecule has 1 saturated heterocycles. The average Bonchev–Trinajstić information content (AvgIpc) is 3.42. The van der Waals surface area contributed by atoms with Crippen LogP contribution in [0.5, 0.6) is 0 Å². The second-order valence-electron chi connectivity index (χ2n) is 8.12. The summed E-state index contributed by atoms with van der Waals surface area (Å²) in [5.74, 6) is 0.774. The Bertz CT molecular complexity index is 1090. The van der Waals surface area contributed by atoms with Gasteiger partial charge in [-0.3, -0.25) is 4.79 Å². The summed E-state index contributed by atoms with van der Waals surface area (Å²) in [6.45, 7) is 4.42. The van der Waals surface area contributed by atoms with Gasteiger partial charge in [0.25, 0.3) is 0 Å². The summed E-state index contributed by atoms with van der Waals surface area (Å²) in [7, 11) is 0. The molecule has 1 aliphatic rings. The molecule has 0 radical (unpaired) electrons. The molecule has 0 bridgehead atoms. The number of aryl methyl sites for hydroxylation is 1. The van der Waals surface area contributed by atoms with Crippen LogP contribution in [0, 0.1) is 17.2 Å². The molecule has 1 atom stereocenters. The molecular weight excluding hydrogens is 430 g/mol. The number of nitrogens with one attached hydrogen (secondary N) is 2. The molecule has 1 fully saturated rings. The predicted molar refractivity (Wildman–Crippen MR) is 125 cm³/mol. The maximum absolute atomic E-state index is 13.3. The van der Waals surface area contributed by atoms with E-state index in [1.165, 1.54) is 11.9 Å². The van der Waals surface area contributed by atoms with E-state index in [1.54, 1.807) is 6.07 Å². The summed E-state index contributed by atoms with van der Waals surface area (Å²) >= 11 is 7.87. The van der Waals surface area contributed by atoms with Crippen LogP contribution >= 0.6 is 23.5 Å². The number of piperidine rings is 1. The average molecular weight is 456 g/mol. The highest BCUT2D eigenvalue weighted by Gasteiger charge is 2.27. The van der Waals surface area contributed by atoms with E-state index in [0.717, 1.165) is 41.7 Å². The highest BCUT2D eigenvalue weighted by Crippen LogP contribution is 2.30. The minimum absolute atomic E-state index is 0.113. The van der Waals surface area contributed by atoms with E-state index < -0.39 is 0 Å². The Kier molecular flexibility index (Phi) is 6.91. The van der Waals surface area contributed by atoms with Crippen LogP contribution in [0.4, 0.5) is 0 Å². The molecule has 1 amide bonds. The van der Waals surface area contributed by atoms with Gasteiger partial charge in [0.05, 0.1) is 11.1 Å². The minimum atomic E-state index is -0.372. The third kappa shape index (κ3) is 5.09. The van der Waals surface area contributed by atoms with Crippen molar-refractivity contribution in [1.82, 2.24) is 19.2 Å². The van der Waals surface area contributed by atoms with Crippen molar-refractivity contribution in [2.24, 2.45) is 5.92 Å². The fourth-order valence-corrected chi connectivity index (χ4v) is 5.04. The first-order chi connectivity index (χ1) is 15.0. The number of nitriles is 1. The molecule has 162 valence electrons. The second kappa shape index (κ2) is 9.82. The smallest absolute Gasteiger partial charge is 0.240 e. The molecule has 2 N–H and O–H groups in total. The molecular formula is C23H26ClN5OS. The van der Waals surface area contributed by atoms with Gasteiger partial charge in [-0.05, 0) is 67.5 Å². The van der Waals surface area contributed by atoms with Crippen molar-refractivity contribution in [2.45, 2.75) is 43.7 Å². The number of hydrogen-bond acceptors (Lipinski definition) is 4. The van der Waals surface area contributed by atoms with E-state index >= 15 is 0 Å². The molecule has 0 saturated carbocycles. The van der Waals surface area contributed by atoms with E-state index in [0.29, 0.717) is 29.6 Å². The lowest BCUT2D eigenvalue weighted by Gasteiger charge is -2.33.